The molecular weight excluding hydrogens is 398 g/mol. The van der Waals surface area contributed by atoms with Crippen molar-refractivity contribution in [1.82, 2.24) is 24.5 Å². The van der Waals surface area contributed by atoms with Gasteiger partial charge in [-0.25, -0.2) is 18.9 Å². The van der Waals surface area contributed by atoms with Crippen molar-refractivity contribution in [2.24, 2.45) is 0 Å². The fraction of sp³-hybridized carbons (Fsp3) is 0.476. The van der Waals surface area contributed by atoms with E-state index in [1.54, 1.807) is 7.05 Å². The summed E-state index contributed by atoms with van der Waals surface area (Å²) in [5, 5.41) is 17.2. The van der Waals surface area contributed by atoms with Crippen LogP contribution in [0.25, 0.3) is 16.9 Å². The van der Waals surface area contributed by atoms with Crippen molar-refractivity contribution in [2.75, 3.05) is 37.4 Å². The summed E-state index contributed by atoms with van der Waals surface area (Å²) in [6, 6.07) is 9.44. The molecule has 0 aliphatic carbocycles. The number of likely N-dealkylation sites (N-methyl/N-ethyl adjacent to an activating group) is 1. The number of aromatic nitrogens is 4. The van der Waals surface area contributed by atoms with Crippen LogP contribution in [0.3, 0.4) is 0 Å². The molecule has 31 heavy (non-hydrogen) atoms. The maximum absolute atomic E-state index is 13.1. The van der Waals surface area contributed by atoms with Gasteiger partial charge in [0.25, 0.3) is 0 Å². The summed E-state index contributed by atoms with van der Waals surface area (Å²) in [4.78, 5) is 19.9. The van der Waals surface area contributed by atoms with Gasteiger partial charge in [-0.3, -0.25) is 0 Å². The molecular formula is C21H29N7O3. The third kappa shape index (κ3) is 4.01. The Balaban J connectivity index is 1.96. The number of aliphatic hydroxyl groups excluding tert-OH is 1. The third-order valence-electron chi connectivity index (χ3n) is 5.54. The van der Waals surface area contributed by atoms with Gasteiger partial charge >= 0.3 is 5.69 Å². The standard InChI is InChI=1S/C21H29N7O3/c1-13-9-26(10-14(2)31-13)18-17(15-7-5-4-6-8-15)24-20(22)28-19(18)25-27(21(28)30)11-16(12-29)23-3/h4-8,13-14,16,23,29H,9-12H2,1-3H3,(H2,22,24)/t13-,14+,16-/m0/s1. The molecule has 4 N–H and O–H groups in total. The zero-order valence-corrected chi connectivity index (χ0v) is 18.0. The zero-order chi connectivity index (χ0) is 22.1. The Hall–Kier alpha value is -2.95. The molecule has 1 saturated heterocycles. The first-order chi connectivity index (χ1) is 14.9. The first-order valence-corrected chi connectivity index (χ1v) is 10.5. The predicted molar refractivity (Wildman–Crippen MR) is 119 cm³/mol. The first-order valence-electron chi connectivity index (χ1n) is 10.5. The number of fused-ring (bicyclic) bond motifs is 1. The molecule has 3 heterocycles. The van der Waals surface area contributed by atoms with Crippen molar-refractivity contribution in [1.29, 1.82) is 0 Å². The number of nitrogens with zero attached hydrogens (tertiary/aromatic N) is 5. The fourth-order valence-corrected chi connectivity index (χ4v) is 4.11. The molecule has 3 aromatic rings. The van der Waals surface area contributed by atoms with E-state index in [2.05, 4.69) is 20.3 Å². The molecule has 0 bridgehead atoms. The maximum Gasteiger partial charge on any atom is 0.353 e. The number of hydrogen-bond donors (Lipinski definition) is 3. The Morgan fingerprint density at radius 3 is 2.55 bits per heavy atom. The molecule has 1 aromatic carbocycles. The Morgan fingerprint density at radius 2 is 1.94 bits per heavy atom. The minimum Gasteiger partial charge on any atom is -0.395 e. The number of rotatable bonds is 6. The van der Waals surface area contributed by atoms with Crippen LogP contribution >= 0.6 is 0 Å². The van der Waals surface area contributed by atoms with Gasteiger partial charge in [-0.1, -0.05) is 30.3 Å². The van der Waals surface area contributed by atoms with Gasteiger partial charge in [0, 0.05) is 24.7 Å². The summed E-state index contributed by atoms with van der Waals surface area (Å²) in [6.07, 6.45) is 0.0312. The first kappa shape index (κ1) is 21.3. The van der Waals surface area contributed by atoms with Crippen molar-refractivity contribution < 1.29 is 9.84 Å². The van der Waals surface area contributed by atoms with Crippen LogP contribution < -0.4 is 21.6 Å². The predicted octanol–water partition coefficient (Wildman–Crippen LogP) is 0.334. The van der Waals surface area contributed by atoms with Gasteiger partial charge in [-0.2, -0.15) is 0 Å². The lowest BCUT2D eigenvalue weighted by Gasteiger charge is -2.37. The smallest absolute Gasteiger partial charge is 0.353 e. The lowest BCUT2D eigenvalue weighted by Crippen LogP contribution is -2.46. The molecule has 1 fully saturated rings. The van der Waals surface area contributed by atoms with Crippen molar-refractivity contribution in [3.63, 3.8) is 0 Å². The van der Waals surface area contributed by atoms with E-state index in [-0.39, 0.29) is 43.0 Å². The van der Waals surface area contributed by atoms with Crippen LogP contribution in [0, 0.1) is 0 Å². The summed E-state index contributed by atoms with van der Waals surface area (Å²) >= 11 is 0. The van der Waals surface area contributed by atoms with Crippen molar-refractivity contribution in [2.45, 2.75) is 38.6 Å². The Bertz CT molecular complexity index is 1100. The maximum atomic E-state index is 13.1. The molecule has 10 nitrogen and oxygen atoms in total. The second-order valence-corrected chi connectivity index (χ2v) is 7.99. The van der Waals surface area contributed by atoms with E-state index in [1.165, 1.54) is 9.08 Å². The molecule has 4 rings (SSSR count). The number of nitrogen functional groups attached to an aromatic ring is 1. The quantitative estimate of drug-likeness (QED) is 0.515. The fourth-order valence-electron chi connectivity index (χ4n) is 4.11. The number of anilines is 2. The van der Waals surface area contributed by atoms with Crippen LogP contribution in [-0.2, 0) is 11.3 Å². The van der Waals surface area contributed by atoms with Crippen LogP contribution in [0.5, 0.6) is 0 Å². The largest absolute Gasteiger partial charge is 0.395 e. The van der Waals surface area contributed by atoms with Crippen LogP contribution in [0.1, 0.15) is 13.8 Å². The van der Waals surface area contributed by atoms with Gasteiger partial charge in [0.2, 0.25) is 5.95 Å². The Kier molecular flexibility index (Phi) is 5.94. The van der Waals surface area contributed by atoms with E-state index in [9.17, 15) is 9.90 Å². The zero-order valence-electron chi connectivity index (χ0n) is 18.0. The number of hydrogen-bond acceptors (Lipinski definition) is 8. The van der Waals surface area contributed by atoms with Gasteiger partial charge in [0.1, 0.15) is 11.4 Å². The summed E-state index contributed by atoms with van der Waals surface area (Å²) in [6.45, 7) is 5.42. The van der Waals surface area contributed by atoms with Crippen molar-refractivity contribution >= 4 is 17.3 Å². The highest BCUT2D eigenvalue weighted by Crippen LogP contribution is 2.34. The van der Waals surface area contributed by atoms with E-state index in [1.807, 2.05) is 44.2 Å². The summed E-state index contributed by atoms with van der Waals surface area (Å²) in [5.74, 6) is 0.0771. The average molecular weight is 428 g/mol. The number of ether oxygens (including phenoxy) is 1. The van der Waals surface area contributed by atoms with Gasteiger partial charge < -0.3 is 25.8 Å². The number of benzene rings is 1. The van der Waals surface area contributed by atoms with Gasteiger partial charge in [0.15, 0.2) is 5.65 Å². The van der Waals surface area contributed by atoms with Crippen LogP contribution in [0.2, 0.25) is 0 Å². The molecule has 3 atom stereocenters. The normalized spacial score (nSPS) is 20.3. The van der Waals surface area contributed by atoms with Crippen LogP contribution in [0.15, 0.2) is 35.1 Å². The minimum absolute atomic E-state index is 0.0156. The van der Waals surface area contributed by atoms with E-state index in [0.29, 0.717) is 24.4 Å². The Morgan fingerprint density at radius 1 is 1.26 bits per heavy atom. The molecule has 0 radical (unpaired) electrons. The second kappa shape index (κ2) is 8.66. The molecule has 0 amide bonds. The summed E-state index contributed by atoms with van der Waals surface area (Å²) < 4.78 is 8.59. The highest BCUT2D eigenvalue weighted by atomic mass is 16.5. The monoisotopic (exact) mass is 427 g/mol. The van der Waals surface area contributed by atoms with E-state index >= 15 is 0 Å². The SMILES string of the molecule is CN[C@H](CO)Cn1nc2c(N3C[C@@H](C)O[C@@H](C)C3)c(-c3ccccc3)nc(N)n2c1=O. The lowest BCUT2D eigenvalue weighted by atomic mass is 10.1. The highest BCUT2D eigenvalue weighted by Gasteiger charge is 2.29. The molecule has 1 aliphatic heterocycles. The number of aliphatic hydroxyl groups is 1. The van der Waals surface area contributed by atoms with Gasteiger partial charge in [0.05, 0.1) is 25.4 Å². The molecule has 166 valence electrons. The molecule has 1 aliphatic rings. The van der Waals surface area contributed by atoms with Crippen molar-refractivity contribution in [3.05, 3.63) is 40.8 Å². The van der Waals surface area contributed by atoms with E-state index in [0.717, 1.165) is 11.3 Å². The third-order valence-corrected chi connectivity index (χ3v) is 5.54. The van der Waals surface area contributed by atoms with Crippen LogP contribution in [0.4, 0.5) is 11.6 Å². The average Bonchev–Trinajstić information content (AvgIpc) is 3.08. The van der Waals surface area contributed by atoms with E-state index in [4.69, 9.17) is 10.5 Å². The molecule has 10 heteroatoms. The highest BCUT2D eigenvalue weighted by molar-refractivity contribution is 5.86. The minimum atomic E-state index is -0.385. The lowest BCUT2D eigenvalue weighted by molar-refractivity contribution is -0.00514. The van der Waals surface area contributed by atoms with Gasteiger partial charge in [-0.05, 0) is 20.9 Å². The summed E-state index contributed by atoms with van der Waals surface area (Å²) in [7, 11) is 1.73. The second-order valence-electron chi connectivity index (χ2n) is 7.99. The number of nitrogens with two attached hydrogens (primary N) is 1. The number of morpholine rings is 1. The van der Waals surface area contributed by atoms with E-state index < -0.39 is 0 Å². The Labute approximate surface area is 180 Å². The summed E-state index contributed by atoms with van der Waals surface area (Å²) in [5.41, 5.74) is 8.63. The number of nitrogens with one attached hydrogen (secondary N) is 1. The molecule has 0 spiro atoms. The van der Waals surface area contributed by atoms with Gasteiger partial charge in [-0.15, -0.1) is 5.10 Å². The molecule has 2 aromatic heterocycles. The molecule has 0 unspecified atom stereocenters. The van der Waals surface area contributed by atoms with Crippen molar-refractivity contribution in [3.8, 4) is 11.3 Å². The molecule has 0 saturated carbocycles. The topological polar surface area (TPSA) is 123 Å². The van der Waals surface area contributed by atoms with Crippen LogP contribution in [-0.4, -0.2) is 69.3 Å².